The van der Waals surface area contributed by atoms with E-state index in [9.17, 15) is 24.3 Å². The van der Waals surface area contributed by atoms with Crippen LogP contribution in [0.1, 0.15) is 27.2 Å². The van der Waals surface area contributed by atoms with Gasteiger partial charge in [-0.05, 0) is 5.41 Å². The third kappa shape index (κ3) is 5.59. The molecule has 1 amide bonds. The Kier molecular flexibility index (Phi) is 5.88. The highest BCUT2D eigenvalue weighted by Gasteiger charge is 2.24. The molecule has 0 saturated heterocycles. The molecule has 27 heavy (non-hydrogen) atoms. The predicted molar refractivity (Wildman–Crippen MR) is 96.0 cm³/mol. The summed E-state index contributed by atoms with van der Waals surface area (Å²) < 4.78 is 1.03. The fourth-order valence-electron chi connectivity index (χ4n) is 2.40. The second-order valence-electron chi connectivity index (χ2n) is 7.28. The average Bonchev–Trinajstić information content (AvgIpc) is 2.55. The number of amides is 1. The Bertz CT molecular complexity index is 943. The van der Waals surface area contributed by atoms with Crippen LogP contribution in [0, 0.1) is 5.41 Å². The van der Waals surface area contributed by atoms with Gasteiger partial charge in [0.05, 0.1) is 12.1 Å². The van der Waals surface area contributed by atoms with E-state index >= 15 is 0 Å². The van der Waals surface area contributed by atoms with Crippen LogP contribution in [0.15, 0.2) is 34.5 Å². The van der Waals surface area contributed by atoms with Crippen molar-refractivity contribution in [3.8, 4) is 11.1 Å². The maximum absolute atomic E-state index is 12.1. The summed E-state index contributed by atoms with van der Waals surface area (Å²) in [5, 5.41) is 11.8. The lowest BCUT2D eigenvalue weighted by Gasteiger charge is -2.20. The highest BCUT2D eigenvalue weighted by molar-refractivity contribution is 5.83. The molecule has 0 aliphatic rings. The Morgan fingerprint density at radius 3 is 2.44 bits per heavy atom. The van der Waals surface area contributed by atoms with Gasteiger partial charge in [-0.25, -0.2) is 19.6 Å². The van der Waals surface area contributed by atoms with Crippen LogP contribution >= 0.6 is 0 Å². The lowest BCUT2D eigenvalue weighted by molar-refractivity contribution is -0.142. The molecule has 2 aromatic rings. The number of aromatic nitrogens is 4. The summed E-state index contributed by atoms with van der Waals surface area (Å²) in [6, 6.07) is -1.33. The van der Waals surface area contributed by atoms with Crippen molar-refractivity contribution in [2.45, 2.75) is 39.8 Å². The number of carbonyl (C=O) groups excluding carboxylic acids is 1. The number of nitrogens with one attached hydrogen (secondary N) is 2. The van der Waals surface area contributed by atoms with Crippen molar-refractivity contribution in [3.05, 3.63) is 45.8 Å². The van der Waals surface area contributed by atoms with Gasteiger partial charge in [0.25, 0.3) is 5.56 Å². The highest BCUT2D eigenvalue weighted by Crippen LogP contribution is 2.18. The van der Waals surface area contributed by atoms with Gasteiger partial charge in [0, 0.05) is 30.6 Å². The molecule has 0 fully saturated rings. The van der Waals surface area contributed by atoms with Gasteiger partial charge in [-0.2, -0.15) is 0 Å². The third-order valence-electron chi connectivity index (χ3n) is 3.59. The Hall–Kier alpha value is -3.30. The maximum atomic E-state index is 12.1. The van der Waals surface area contributed by atoms with Gasteiger partial charge in [0.15, 0.2) is 0 Å². The molecule has 0 aliphatic heterocycles. The fourth-order valence-corrected chi connectivity index (χ4v) is 2.40. The second kappa shape index (κ2) is 7.94. The molecule has 2 aromatic heterocycles. The van der Waals surface area contributed by atoms with Crippen molar-refractivity contribution in [2.75, 3.05) is 0 Å². The molecule has 10 heteroatoms. The smallest absolute Gasteiger partial charge is 0.328 e. The summed E-state index contributed by atoms with van der Waals surface area (Å²) in [5.74, 6) is -1.73. The van der Waals surface area contributed by atoms with E-state index in [0.29, 0.717) is 5.56 Å². The van der Waals surface area contributed by atoms with Crippen LogP contribution in [0.4, 0.5) is 0 Å². The van der Waals surface area contributed by atoms with E-state index in [2.05, 4.69) is 20.3 Å². The number of carboxylic acid groups (broad SMARTS) is 1. The lowest BCUT2D eigenvalue weighted by atomic mass is 9.92. The molecule has 1 atom stereocenters. The first-order valence-corrected chi connectivity index (χ1v) is 8.18. The summed E-state index contributed by atoms with van der Waals surface area (Å²) in [4.78, 5) is 57.4. The quantitative estimate of drug-likeness (QED) is 0.644. The Morgan fingerprint density at radius 2 is 1.89 bits per heavy atom. The molecule has 0 saturated carbocycles. The minimum absolute atomic E-state index is 0.111. The van der Waals surface area contributed by atoms with E-state index in [4.69, 9.17) is 0 Å². The number of aromatic amines is 1. The van der Waals surface area contributed by atoms with Gasteiger partial charge in [0.1, 0.15) is 12.4 Å². The van der Waals surface area contributed by atoms with Crippen LogP contribution in [-0.4, -0.2) is 42.5 Å². The van der Waals surface area contributed by atoms with Crippen LogP contribution in [0.2, 0.25) is 0 Å². The zero-order valence-corrected chi connectivity index (χ0v) is 15.2. The van der Waals surface area contributed by atoms with E-state index in [1.165, 1.54) is 24.9 Å². The molecular weight excluding hydrogens is 354 g/mol. The summed E-state index contributed by atoms with van der Waals surface area (Å²) in [6.07, 6.45) is 5.44. The van der Waals surface area contributed by atoms with E-state index < -0.39 is 29.2 Å². The number of hydrogen-bond acceptors (Lipinski definition) is 6. The molecule has 2 heterocycles. The van der Waals surface area contributed by atoms with Crippen molar-refractivity contribution in [3.63, 3.8) is 0 Å². The molecule has 0 unspecified atom stereocenters. The third-order valence-corrected chi connectivity index (χ3v) is 3.59. The number of nitrogens with zero attached hydrogens (tertiary/aromatic N) is 3. The van der Waals surface area contributed by atoms with E-state index in [1.54, 1.807) is 0 Å². The predicted octanol–water partition coefficient (Wildman–Crippen LogP) is -0.000800. The van der Waals surface area contributed by atoms with E-state index in [1.807, 2.05) is 20.8 Å². The van der Waals surface area contributed by atoms with Crippen LogP contribution in [0.25, 0.3) is 11.1 Å². The van der Waals surface area contributed by atoms with Crippen molar-refractivity contribution in [2.24, 2.45) is 5.41 Å². The largest absolute Gasteiger partial charge is 0.480 e. The Balaban J connectivity index is 2.30. The average molecular weight is 375 g/mol. The number of H-pyrrole nitrogens is 1. The normalized spacial score (nSPS) is 12.4. The first kappa shape index (κ1) is 20.0. The molecule has 0 radical (unpaired) electrons. The van der Waals surface area contributed by atoms with Gasteiger partial charge in [0.2, 0.25) is 5.91 Å². The first-order chi connectivity index (χ1) is 12.6. The maximum Gasteiger partial charge on any atom is 0.328 e. The fraction of sp³-hybridized carbons (Fsp3) is 0.412. The lowest BCUT2D eigenvalue weighted by Crippen LogP contribution is -2.46. The Morgan fingerprint density at radius 1 is 1.26 bits per heavy atom. The van der Waals surface area contributed by atoms with Crippen LogP contribution in [0.3, 0.4) is 0 Å². The van der Waals surface area contributed by atoms with Crippen molar-refractivity contribution in [1.82, 2.24) is 24.8 Å². The van der Waals surface area contributed by atoms with Gasteiger partial charge in [-0.1, -0.05) is 20.8 Å². The molecular formula is C17H21N5O5. The number of carbonyl (C=O) groups is 2. The molecule has 3 N–H and O–H groups in total. The SMILES string of the molecule is CC(C)(C)CC(=O)N[C@@H](Cn1cc(-c2cncnc2)c(=O)[nH]c1=O)C(=O)O. The second-order valence-corrected chi connectivity index (χ2v) is 7.28. The van der Waals surface area contributed by atoms with E-state index in [0.717, 1.165) is 4.57 Å². The zero-order valence-electron chi connectivity index (χ0n) is 15.2. The molecule has 2 rings (SSSR count). The first-order valence-electron chi connectivity index (χ1n) is 8.18. The zero-order chi connectivity index (χ0) is 20.2. The van der Waals surface area contributed by atoms with Gasteiger partial charge in [-0.15, -0.1) is 0 Å². The van der Waals surface area contributed by atoms with Gasteiger partial charge < -0.3 is 10.4 Å². The molecule has 0 aliphatic carbocycles. The summed E-state index contributed by atoms with van der Waals surface area (Å²) in [7, 11) is 0. The Labute approximate surface area is 154 Å². The van der Waals surface area contributed by atoms with Crippen molar-refractivity contribution in [1.29, 1.82) is 0 Å². The highest BCUT2D eigenvalue weighted by atomic mass is 16.4. The molecule has 10 nitrogen and oxygen atoms in total. The van der Waals surface area contributed by atoms with Crippen molar-refractivity contribution < 1.29 is 14.7 Å². The van der Waals surface area contributed by atoms with Gasteiger partial charge >= 0.3 is 11.7 Å². The number of carboxylic acids is 1. The minimum Gasteiger partial charge on any atom is -0.480 e. The molecule has 0 bridgehead atoms. The van der Waals surface area contributed by atoms with E-state index in [-0.39, 0.29) is 23.9 Å². The summed E-state index contributed by atoms with van der Waals surface area (Å²) in [6.45, 7) is 5.20. The van der Waals surface area contributed by atoms with Crippen LogP contribution in [-0.2, 0) is 16.1 Å². The minimum atomic E-state index is -1.33. The van der Waals surface area contributed by atoms with Gasteiger partial charge in [-0.3, -0.25) is 19.1 Å². The number of hydrogen-bond donors (Lipinski definition) is 3. The summed E-state index contributed by atoms with van der Waals surface area (Å²) >= 11 is 0. The molecule has 144 valence electrons. The molecule has 0 spiro atoms. The number of rotatable bonds is 6. The van der Waals surface area contributed by atoms with Crippen molar-refractivity contribution >= 4 is 11.9 Å². The molecule has 0 aromatic carbocycles. The van der Waals surface area contributed by atoms with Crippen LogP contribution in [0.5, 0.6) is 0 Å². The topological polar surface area (TPSA) is 147 Å². The van der Waals surface area contributed by atoms with Crippen LogP contribution < -0.4 is 16.6 Å². The monoisotopic (exact) mass is 375 g/mol. The number of aliphatic carboxylic acids is 1. The summed E-state index contributed by atoms with van der Waals surface area (Å²) in [5.41, 5.74) is -1.26. The standard InChI is InChI=1S/C17H21N5O5/c1-17(2,3)4-13(23)20-12(15(25)26)8-22-7-11(14(24)21-16(22)27)10-5-18-9-19-6-10/h5-7,9,12H,4,8H2,1-3H3,(H,20,23)(H,25,26)(H,21,24,27)/t12-/m0/s1.